The minimum absolute atomic E-state index is 0.123. The molecule has 1 aliphatic rings. The molecule has 1 unspecified atom stereocenters. The lowest BCUT2D eigenvalue weighted by Gasteiger charge is -2.39. The van der Waals surface area contributed by atoms with Crippen LogP contribution in [0.3, 0.4) is 0 Å². The van der Waals surface area contributed by atoms with Crippen molar-refractivity contribution in [3.05, 3.63) is 0 Å². The van der Waals surface area contributed by atoms with Gasteiger partial charge in [-0.15, -0.1) is 0 Å². The van der Waals surface area contributed by atoms with Gasteiger partial charge >= 0.3 is 5.97 Å². The molecule has 1 atom stereocenters. The molecule has 5 heteroatoms. The van der Waals surface area contributed by atoms with Crippen LogP contribution in [0.1, 0.15) is 46.0 Å². The second kappa shape index (κ2) is 6.18. The summed E-state index contributed by atoms with van der Waals surface area (Å²) in [6.07, 6.45) is 3.68. The average Bonchev–Trinajstić information content (AvgIpc) is 2.44. The smallest absolute Gasteiger partial charge is 0.328 e. The molecule has 18 heavy (non-hydrogen) atoms. The first-order chi connectivity index (χ1) is 8.50. The van der Waals surface area contributed by atoms with Crippen LogP contribution in [-0.2, 0) is 14.3 Å². The summed E-state index contributed by atoms with van der Waals surface area (Å²) in [5.41, 5.74) is 5.27. The van der Waals surface area contributed by atoms with Gasteiger partial charge in [0.2, 0.25) is 5.91 Å². The lowest BCUT2D eigenvalue weighted by molar-refractivity contribution is -0.157. The summed E-state index contributed by atoms with van der Waals surface area (Å²) < 4.78 is 4.78. The SMILES string of the molecule is CCC(N)(CC)C(=O)N1CCCCC1C(=O)OC. The highest BCUT2D eigenvalue weighted by Crippen LogP contribution is 2.23. The van der Waals surface area contributed by atoms with Crippen LogP contribution in [0.15, 0.2) is 0 Å². The molecule has 1 rings (SSSR count). The van der Waals surface area contributed by atoms with E-state index in [0.717, 1.165) is 12.8 Å². The highest BCUT2D eigenvalue weighted by atomic mass is 16.5. The number of ether oxygens (including phenoxy) is 1. The Morgan fingerprint density at radius 3 is 2.44 bits per heavy atom. The fraction of sp³-hybridized carbons (Fsp3) is 0.846. The lowest BCUT2D eigenvalue weighted by atomic mass is 9.90. The van der Waals surface area contributed by atoms with Gasteiger partial charge in [-0.2, -0.15) is 0 Å². The largest absolute Gasteiger partial charge is 0.467 e. The summed E-state index contributed by atoms with van der Waals surface area (Å²) in [5, 5.41) is 0. The predicted octanol–water partition coefficient (Wildman–Crippen LogP) is 1.06. The molecular formula is C13H24N2O3. The monoisotopic (exact) mass is 256 g/mol. The van der Waals surface area contributed by atoms with Crippen molar-refractivity contribution in [3.8, 4) is 0 Å². The average molecular weight is 256 g/mol. The maximum Gasteiger partial charge on any atom is 0.328 e. The zero-order valence-electron chi connectivity index (χ0n) is 11.6. The summed E-state index contributed by atoms with van der Waals surface area (Å²) in [6, 6.07) is -0.461. The number of likely N-dealkylation sites (tertiary alicyclic amines) is 1. The number of rotatable bonds is 4. The number of carbonyl (C=O) groups is 2. The maximum atomic E-state index is 12.5. The van der Waals surface area contributed by atoms with Gasteiger partial charge in [-0.25, -0.2) is 4.79 Å². The molecule has 1 heterocycles. The molecule has 104 valence electrons. The Labute approximate surface area is 109 Å². The molecule has 0 aliphatic carbocycles. The molecule has 0 spiro atoms. The Balaban J connectivity index is 2.90. The number of piperidine rings is 1. The summed E-state index contributed by atoms with van der Waals surface area (Å²) >= 11 is 0. The first kappa shape index (κ1) is 15.0. The van der Waals surface area contributed by atoms with Gasteiger partial charge < -0.3 is 15.4 Å². The highest BCUT2D eigenvalue weighted by molar-refractivity contribution is 5.90. The predicted molar refractivity (Wildman–Crippen MR) is 68.9 cm³/mol. The number of amides is 1. The molecule has 2 N–H and O–H groups in total. The second-order valence-corrected chi connectivity index (χ2v) is 4.90. The van der Waals surface area contributed by atoms with Crippen LogP contribution >= 0.6 is 0 Å². The Morgan fingerprint density at radius 1 is 1.33 bits per heavy atom. The number of carbonyl (C=O) groups excluding carboxylic acids is 2. The fourth-order valence-electron chi connectivity index (χ4n) is 2.39. The van der Waals surface area contributed by atoms with Gasteiger partial charge in [0, 0.05) is 6.54 Å². The summed E-state index contributed by atoms with van der Waals surface area (Å²) in [4.78, 5) is 25.8. The van der Waals surface area contributed by atoms with Crippen molar-refractivity contribution in [1.82, 2.24) is 4.90 Å². The molecule has 5 nitrogen and oxygen atoms in total. The first-order valence-electron chi connectivity index (χ1n) is 6.68. The Hall–Kier alpha value is -1.10. The van der Waals surface area contributed by atoms with Crippen LogP contribution in [0.5, 0.6) is 0 Å². The third kappa shape index (κ3) is 2.83. The summed E-state index contributed by atoms with van der Waals surface area (Å²) in [7, 11) is 1.36. The molecule has 1 aliphatic heterocycles. The van der Waals surface area contributed by atoms with E-state index in [1.54, 1.807) is 4.90 Å². The molecular weight excluding hydrogens is 232 g/mol. The van der Waals surface area contributed by atoms with E-state index >= 15 is 0 Å². The van der Waals surface area contributed by atoms with Crippen molar-refractivity contribution < 1.29 is 14.3 Å². The zero-order chi connectivity index (χ0) is 13.8. The number of esters is 1. The molecule has 0 bridgehead atoms. The third-order valence-electron chi connectivity index (χ3n) is 3.92. The molecule has 0 aromatic heterocycles. The third-order valence-corrected chi connectivity index (χ3v) is 3.92. The van der Waals surface area contributed by atoms with E-state index in [9.17, 15) is 9.59 Å². The minimum Gasteiger partial charge on any atom is -0.467 e. The van der Waals surface area contributed by atoms with E-state index in [-0.39, 0.29) is 11.9 Å². The summed E-state index contributed by atoms with van der Waals surface area (Å²) in [6.45, 7) is 4.40. The fourth-order valence-corrected chi connectivity index (χ4v) is 2.39. The number of nitrogens with two attached hydrogens (primary N) is 1. The van der Waals surface area contributed by atoms with Crippen LogP contribution in [0, 0.1) is 0 Å². The van der Waals surface area contributed by atoms with E-state index in [1.165, 1.54) is 7.11 Å². The van der Waals surface area contributed by atoms with Crippen molar-refractivity contribution in [1.29, 1.82) is 0 Å². The molecule has 1 fully saturated rings. The molecule has 0 radical (unpaired) electrons. The van der Waals surface area contributed by atoms with Crippen LogP contribution < -0.4 is 5.73 Å². The Morgan fingerprint density at radius 2 is 1.94 bits per heavy atom. The number of nitrogens with zero attached hydrogens (tertiary/aromatic N) is 1. The van der Waals surface area contributed by atoms with Gasteiger partial charge in [-0.1, -0.05) is 13.8 Å². The standard InChI is InChI=1S/C13H24N2O3/c1-4-13(14,5-2)12(17)15-9-7-6-8-10(15)11(16)18-3/h10H,4-9,14H2,1-3H3. The second-order valence-electron chi connectivity index (χ2n) is 4.90. The van der Waals surface area contributed by atoms with Crippen molar-refractivity contribution in [2.24, 2.45) is 5.73 Å². The number of hydrogen-bond acceptors (Lipinski definition) is 4. The quantitative estimate of drug-likeness (QED) is 0.763. The molecule has 0 aromatic rings. The van der Waals surface area contributed by atoms with E-state index in [0.29, 0.717) is 25.8 Å². The van der Waals surface area contributed by atoms with Gasteiger partial charge in [-0.05, 0) is 32.1 Å². The van der Waals surface area contributed by atoms with Crippen molar-refractivity contribution >= 4 is 11.9 Å². The molecule has 1 saturated heterocycles. The molecule has 0 saturated carbocycles. The molecule has 1 amide bonds. The van der Waals surface area contributed by atoms with Crippen LogP contribution in [0.25, 0.3) is 0 Å². The van der Waals surface area contributed by atoms with Gasteiger partial charge in [0.25, 0.3) is 0 Å². The number of methoxy groups -OCH3 is 1. The van der Waals surface area contributed by atoms with Crippen LogP contribution in [0.2, 0.25) is 0 Å². The van der Waals surface area contributed by atoms with Gasteiger partial charge in [-0.3, -0.25) is 4.79 Å². The first-order valence-corrected chi connectivity index (χ1v) is 6.68. The van der Waals surface area contributed by atoms with Crippen LogP contribution in [0.4, 0.5) is 0 Å². The zero-order valence-corrected chi connectivity index (χ0v) is 11.6. The highest BCUT2D eigenvalue weighted by Gasteiger charge is 2.40. The lowest BCUT2D eigenvalue weighted by Crippen LogP contribution is -2.60. The van der Waals surface area contributed by atoms with E-state index in [4.69, 9.17) is 10.5 Å². The van der Waals surface area contributed by atoms with Crippen molar-refractivity contribution in [2.45, 2.75) is 57.5 Å². The maximum absolute atomic E-state index is 12.5. The van der Waals surface area contributed by atoms with Crippen LogP contribution in [-0.4, -0.2) is 42.0 Å². The van der Waals surface area contributed by atoms with Gasteiger partial charge in [0.15, 0.2) is 0 Å². The normalized spacial score (nSPS) is 20.7. The Kier molecular flexibility index (Phi) is 5.14. The minimum atomic E-state index is -0.858. The van der Waals surface area contributed by atoms with Gasteiger partial charge in [0.1, 0.15) is 6.04 Å². The van der Waals surface area contributed by atoms with E-state index in [1.807, 2.05) is 13.8 Å². The van der Waals surface area contributed by atoms with Gasteiger partial charge in [0.05, 0.1) is 12.6 Å². The summed E-state index contributed by atoms with van der Waals surface area (Å²) in [5.74, 6) is -0.458. The van der Waals surface area contributed by atoms with Crippen molar-refractivity contribution in [2.75, 3.05) is 13.7 Å². The molecule has 0 aromatic carbocycles. The van der Waals surface area contributed by atoms with Crippen molar-refractivity contribution in [3.63, 3.8) is 0 Å². The topological polar surface area (TPSA) is 72.6 Å². The van der Waals surface area contributed by atoms with E-state index < -0.39 is 11.6 Å². The Bertz CT molecular complexity index is 313. The van der Waals surface area contributed by atoms with E-state index in [2.05, 4.69) is 0 Å². The number of hydrogen-bond donors (Lipinski definition) is 1.